The van der Waals surface area contributed by atoms with Crippen molar-refractivity contribution in [3.63, 3.8) is 0 Å². The fourth-order valence-corrected chi connectivity index (χ4v) is 3.40. The van der Waals surface area contributed by atoms with E-state index in [-0.39, 0.29) is 11.3 Å². The number of carbonyl (C=O) groups is 1. The molecular weight excluding hydrogens is 422 g/mol. The molecule has 5 rings (SSSR count). The second kappa shape index (κ2) is 8.27. The minimum absolute atomic E-state index is 0.0157. The standard InChI is InChI=1S/C23H15N7O3/c31-23(18-8-1-2-9-20(18)30(32)33)25-17-7-3-5-15(13-17)19-10-11-21-26-27-22(29(21)28-19)16-6-4-12-24-14-16/h1-14H,(H,25,31). The van der Waals surface area contributed by atoms with Crippen molar-refractivity contribution in [2.24, 2.45) is 0 Å². The molecule has 1 amide bonds. The number of rotatable bonds is 5. The number of benzene rings is 2. The van der Waals surface area contributed by atoms with Crippen molar-refractivity contribution >= 4 is 22.9 Å². The molecule has 0 fully saturated rings. The Kier molecular flexibility index (Phi) is 5.00. The fraction of sp³-hybridized carbons (Fsp3) is 0. The third-order valence-electron chi connectivity index (χ3n) is 4.94. The van der Waals surface area contributed by atoms with Crippen LogP contribution in [0.5, 0.6) is 0 Å². The number of carbonyl (C=O) groups excluding carboxylic acids is 1. The van der Waals surface area contributed by atoms with Crippen LogP contribution in [0.15, 0.2) is 85.2 Å². The third-order valence-corrected chi connectivity index (χ3v) is 4.94. The number of fused-ring (bicyclic) bond motifs is 1. The molecule has 1 N–H and O–H groups in total. The lowest BCUT2D eigenvalue weighted by atomic mass is 10.1. The SMILES string of the molecule is O=C(Nc1cccc(-c2ccc3nnc(-c4cccnc4)n3n2)c1)c1ccccc1[N+](=O)[O-]. The molecule has 0 aliphatic rings. The molecule has 0 saturated heterocycles. The summed E-state index contributed by atoms with van der Waals surface area (Å²) < 4.78 is 1.63. The molecule has 10 heteroatoms. The first-order chi connectivity index (χ1) is 16.1. The van der Waals surface area contributed by atoms with Crippen LogP contribution in [0.2, 0.25) is 0 Å². The highest BCUT2D eigenvalue weighted by Crippen LogP contribution is 2.24. The lowest BCUT2D eigenvalue weighted by Gasteiger charge is -2.08. The summed E-state index contributed by atoms with van der Waals surface area (Å²) in [6.07, 6.45) is 3.36. The normalized spacial score (nSPS) is 10.8. The average molecular weight is 437 g/mol. The Morgan fingerprint density at radius 3 is 2.61 bits per heavy atom. The Hall–Kier alpha value is -4.99. The number of hydrogen-bond acceptors (Lipinski definition) is 7. The summed E-state index contributed by atoms with van der Waals surface area (Å²) in [6.45, 7) is 0. The molecule has 0 aliphatic heterocycles. The van der Waals surface area contributed by atoms with Gasteiger partial charge in [0.25, 0.3) is 11.6 Å². The molecule has 0 radical (unpaired) electrons. The molecule has 0 aliphatic carbocycles. The van der Waals surface area contributed by atoms with Gasteiger partial charge in [0.2, 0.25) is 0 Å². The first-order valence-electron chi connectivity index (χ1n) is 9.88. The van der Waals surface area contributed by atoms with Crippen molar-refractivity contribution in [1.29, 1.82) is 0 Å². The van der Waals surface area contributed by atoms with Gasteiger partial charge in [-0.2, -0.15) is 9.61 Å². The summed E-state index contributed by atoms with van der Waals surface area (Å²) in [4.78, 5) is 27.4. The monoisotopic (exact) mass is 437 g/mol. The highest BCUT2D eigenvalue weighted by atomic mass is 16.6. The Balaban J connectivity index is 1.47. The molecule has 0 unspecified atom stereocenters. The Morgan fingerprint density at radius 2 is 1.79 bits per heavy atom. The van der Waals surface area contributed by atoms with E-state index >= 15 is 0 Å². The maximum Gasteiger partial charge on any atom is 0.282 e. The molecule has 0 spiro atoms. The van der Waals surface area contributed by atoms with Crippen LogP contribution >= 0.6 is 0 Å². The molecule has 33 heavy (non-hydrogen) atoms. The maximum atomic E-state index is 12.7. The minimum Gasteiger partial charge on any atom is -0.322 e. The molecule has 160 valence electrons. The van der Waals surface area contributed by atoms with Gasteiger partial charge in [0.05, 0.1) is 10.6 Å². The minimum atomic E-state index is -0.580. The molecule has 2 aromatic carbocycles. The van der Waals surface area contributed by atoms with Crippen molar-refractivity contribution in [2.45, 2.75) is 0 Å². The summed E-state index contributed by atoms with van der Waals surface area (Å²) in [5.41, 5.74) is 2.94. The van der Waals surface area contributed by atoms with Gasteiger partial charge >= 0.3 is 0 Å². The van der Waals surface area contributed by atoms with Crippen molar-refractivity contribution in [3.05, 3.63) is 101 Å². The summed E-state index contributed by atoms with van der Waals surface area (Å²) in [5, 5.41) is 27.0. The largest absolute Gasteiger partial charge is 0.322 e. The van der Waals surface area contributed by atoms with Crippen molar-refractivity contribution in [2.75, 3.05) is 5.32 Å². The van der Waals surface area contributed by atoms with E-state index in [9.17, 15) is 14.9 Å². The summed E-state index contributed by atoms with van der Waals surface area (Å²) in [7, 11) is 0. The van der Waals surface area contributed by atoms with Gasteiger partial charge < -0.3 is 5.32 Å². The zero-order valence-corrected chi connectivity index (χ0v) is 17.0. The van der Waals surface area contributed by atoms with Gasteiger partial charge in [-0.1, -0.05) is 24.3 Å². The van der Waals surface area contributed by atoms with Crippen molar-refractivity contribution < 1.29 is 9.72 Å². The number of para-hydroxylation sites is 1. The Bertz CT molecular complexity index is 1500. The second-order valence-corrected chi connectivity index (χ2v) is 7.06. The van der Waals surface area contributed by atoms with Crippen molar-refractivity contribution in [1.82, 2.24) is 24.8 Å². The number of nitro benzene ring substituents is 1. The van der Waals surface area contributed by atoms with Gasteiger partial charge in [0.1, 0.15) is 5.56 Å². The number of nitrogens with zero attached hydrogens (tertiary/aromatic N) is 6. The molecule has 5 aromatic rings. The average Bonchev–Trinajstić information content (AvgIpc) is 3.28. The van der Waals surface area contributed by atoms with E-state index in [1.54, 1.807) is 53.3 Å². The topological polar surface area (TPSA) is 128 Å². The van der Waals surface area contributed by atoms with E-state index in [1.165, 1.54) is 18.2 Å². The van der Waals surface area contributed by atoms with Crippen LogP contribution in [0.1, 0.15) is 10.4 Å². The molecule has 10 nitrogen and oxygen atoms in total. The Labute approximate surface area is 186 Å². The number of aromatic nitrogens is 5. The van der Waals surface area contributed by atoms with E-state index in [2.05, 4.69) is 25.6 Å². The van der Waals surface area contributed by atoms with Gasteiger partial charge in [0.15, 0.2) is 11.5 Å². The van der Waals surface area contributed by atoms with E-state index in [1.807, 2.05) is 18.2 Å². The number of hydrogen-bond donors (Lipinski definition) is 1. The summed E-state index contributed by atoms with van der Waals surface area (Å²) in [6, 6.07) is 20.2. The number of pyridine rings is 1. The van der Waals surface area contributed by atoms with E-state index in [4.69, 9.17) is 0 Å². The predicted molar refractivity (Wildman–Crippen MR) is 120 cm³/mol. The van der Waals surface area contributed by atoms with Crippen LogP contribution in [-0.4, -0.2) is 35.6 Å². The highest BCUT2D eigenvalue weighted by molar-refractivity contribution is 6.07. The van der Waals surface area contributed by atoms with Crippen LogP contribution in [0.4, 0.5) is 11.4 Å². The third kappa shape index (κ3) is 3.88. The Morgan fingerprint density at radius 1 is 0.939 bits per heavy atom. The molecule has 3 aromatic heterocycles. The van der Waals surface area contributed by atoms with E-state index in [0.29, 0.717) is 22.9 Å². The molecule has 0 atom stereocenters. The zero-order chi connectivity index (χ0) is 22.8. The number of amides is 1. The number of nitrogens with one attached hydrogen (secondary N) is 1. The second-order valence-electron chi connectivity index (χ2n) is 7.06. The van der Waals surface area contributed by atoms with Gasteiger partial charge in [-0.15, -0.1) is 10.2 Å². The van der Waals surface area contributed by atoms with Gasteiger partial charge in [0, 0.05) is 35.3 Å². The zero-order valence-electron chi connectivity index (χ0n) is 17.0. The maximum absolute atomic E-state index is 12.7. The van der Waals surface area contributed by atoms with E-state index < -0.39 is 10.8 Å². The lowest BCUT2D eigenvalue weighted by Crippen LogP contribution is -2.13. The van der Waals surface area contributed by atoms with Crippen LogP contribution < -0.4 is 5.32 Å². The first kappa shape index (κ1) is 19.9. The summed E-state index contributed by atoms with van der Waals surface area (Å²) in [5.74, 6) is -0.0127. The predicted octanol–water partition coefficient (Wildman–Crippen LogP) is 4.01. The van der Waals surface area contributed by atoms with Crippen LogP contribution in [0.3, 0.4) is 0 Å². The fourth-order valence-electron chi connectivity index (χ4n) is 3.40. The lowest BCUT2D eigenvalue weighted by molar-refractivity contribution is -0.385. The molecule has 0 saturated carbocycles. The van der Waals surface area contributed by atoms with Crippen LogP contribution in [-0.2, 0) is 0 Å². The van der Waals surface area contributed by atoms with Crippen LogP contribution in [0, 0.1) is 10.1 Å². The van der Waals surface area contributed by atoms with Gasteiger partial charge in [-0.3, -0.25) is 19.9 Å². The number of nitro groups is 1. The van der Waals surface area contributed by atoms with Gasteiger partial charge in [-0.25, -0.2) is 0 Å². The summed E-state index contributed by atoms with van der Waals surface area (Å²) >= 11 is 0. The van der Waals surface area contributed by atoms with E-state index in [0.717, 1.165) is 11.1 Å². The molecular formula is C23H15N7O3. The van der Waals surface area contributed by atoms with Crippen molar-refractivity contribution in [3.8, 4) is 22.6 Å². The first-order valence-corrected chi connectivity index (χ1v) is 9.88. The quantitative estimate of drug-likeness (QED) is 0.325. The number of anilines is 1. The highest BCUT2D eigenvalue weighted by Gasteiger charge is 2.19. The molecule has 3 heterocycles. The van der Waals surface area contributed by atoms with Crippen LogP contribution in [0.25, 0.3) is 28.3 Å². The van der Waals surface area contributed by atoms with Gasteiger partial charge in [-0.05, 0) is 42.5 Å². The molecule has 0 bridgehead atoms. The smallest absolute Gasteiger partial charge is 0.282 e.